The fourth-order valence-corrected chi connectivity index (χ4v) is 7.36. The predicted octanol–water partition coefficient (Wildman–Crippen LogP) is -1.02. The number of likely N-dealkylation sites (tertiary alicyclic amines) is 1. The van der Waals surface area contributed by atoms with Crippen LogP contribution in [-0.2, 0) is 64.9 Å². The Hall–Kier alpha value is -4.80. The molecule has 1 aromatic heterocycles. The number of benzene rings is 1. The molecule has 10 N–H and O–H groups in total. The van der Waals surface area contributed by atoms with Crippen molar-refractivity contribution >= 4 is 43.3 Å². The maximum absolute atomic E-state index is 14.1. The summed E-state index contributed by atoms with van der Waals surface area (Å²) in [6.07, 6.45) is 3.28. The topological polar surface area (TPSA) is 323 Å². The lowest BCUT2D eigenvalue weighted by atomic mass is 10.0. The van der Waals surface area contributed by atoms with Crippen molar-refractivity contribution in [3.05, 3.63) is 54.1 Å². The van der Waals surface area contributed by atoms with Gasteiger partial charge in [0.2, 0.25) is 35.4 Å². The van der Waals surface area contributed by atoms with Crippen LogP contribution in [0.5, 0.6) is 0 Å². The Morgan fingerprint density at radius 2 is 1.60 bits per heavy atom. The van der Waals surface area contributed by atoms with Crippen LogP contribution >= 0.6 is 7.82 Å². The summed E-state index contributed by atoms with van der Waals surface area (Å²) in [6, 6.07) is 2.89. The van der Waals surface area contributed by atoms with E-state index < -0.39 is 86.4 Å². The summed E-state index contributed by atoms with van der Waals surface area (Å²) in [5, 5.41) is 19.9. The van der Waals surface area contributed by atoms with Crippen LogP contribution in [0.3, 0.4) is 0 Å². The van der Waals surface area contributed by atoms with Crippen molar-refractivity contribution in [2.45, 2.75) is 108 Å². The Labute approximate surface area is 366 Å². The molecule has 1 saturated heterocycles. The number of nitrogens with zero attached hydrogens (tertiary/aromatic N) is 2. The van der Waals surface area contributed by atoms with Crippen LogP contribution in [0.1, 0.15) is 64.1 Å². The van der Waals surface area contributed by atoms with E-state index in [1.807, 2.05) is 32.0 Å². The number of imidazole rings is 1. The number of methoxy groups -OCH3 is 1. The Bertz CT molecular complexity index is 1800. The van der Waals surface area contributed by atoms with Gasteiger partial charge in [-0.15, -0.1) is 0 Å². The van der Waals surface area contributed by atoms with Gasteiger partial charge in [0.25, 0.3) is 0 Å². The molecule has 1 unspecified atom stereocenters. The molecule has 7 atom stereocenters. The lowest BCUT2D eigenvalue weighted by Gasteiger charge is -2.28. The van der Waals surface area contributed by atoms with Gasteiger partial charge >= 0.3 is 7.82 Å². The van der Waals surface area contributed by atoms with Crippen molar-refractivity contribution in [1.29, 1.82) is 0 Å². The van der Waals surface area contributed by atoms with E-state index in [4.69, 9.17) is 29.7 Å². The molecule has 6 amide bonds. The molecule has 3 rings (SSSR count). The third-order valence-electron chi connectivity index (χ3n) is 9.98. The number of hydrogen-bond donors (Lipinski definition) is 9. The fourth-order valence-electron chi connectivity index (χ4n) is 6.80. The first-order chi connectivity index (χ1) is 29.9. The van der Waals surface area contributed by atoms with E-state index in [1.165, 1.54) is 30.1 Å². The lowest BCUT2D eigenvalue weighted by molar-refractivity contribution is -0.140. The number of aliphatic hydroxyl groups excluding tert-OH is 1. The second-order valence-corrected chi connectivity index (χ2v) is 16.7. The number of H-pyrrole nitrogens is 1. The number of hydrogen-bond acceptors (Lipinski definition) is 13. The molecule has 0 bridgehead atoms. The number of carbonyl (C=O) groups is 6. The standard InChI is InChI=1S/C40H63N8O14P/c1-25(2)18-30(45-40(55)33-20-29(22-48(33)34(50)13-15-60-17-16-59-4)61-14-9-8-12-27-10-6-5-7-11-27)37(52)44-31(19-28-21-42-24-43-28)38(53)46-32(23-49)39(54)47-35(36(41)51)26(3)62-63(56,57)58/h5-7,10-11,21,24-26,29-33,35,49H,8-9,12-20,22-23H2,1-4H3,(H2,41,51)(H,42,43)(H,44,52)(H,45,55)(H,46,53)(H,47,54)(H2,56,57,58)/t26?,29-,30-,31-,32-,33-,35-/m0/s1. The van der Waals surface area contributed by atoms with E-state index in [9.17, 15) is 38.4 Å². The van der Waals surface area contributed by atoms with Crippen molar-refractivity contribution in [2.75, 3.05) is 46.7 Å². The molecule has 22 nitrogen and oxygen atoms in total. The summed E-state index contributed by atoms with van der Waals surface area (Å²) >= 11 is 0. The Kier molecular flexibility index (Phi) is 22.3. The second-order valence-electron chi connectivity index (χ2n) is 15.6. The number of phosphoric acid groups is 1. The van der Waals surface area contributed by atoms with Gasteiger partial charge in [0, 0.05) is 45.0 Å². The average molecular weight is 911 g/mol. The summed E-state index contributed by atoms with van der Waals surface area (Å²) < 4.78 is 32.5. The molecule has 2 heterocycles. The highest BCUT2D eigenvalue weighted by molar-refractivity contribution is 7.46. The number of carbonyl (C=O) groups excluding carboxylic acids is 6. The van der Waals surface area contributed by atoms with Gasteiger partial charge in [-0.05, 0) is 44.1 Å². The Balaban J connectivity index is 1.76. The normalized spacial score (nSPS) is 17.6. The van der Waals surface area contributed by atoms with Crippen LogP contribution in [0.2, 0.25) is 0 Å². The highest BCUT2D eigenvalue weighted by Crippen LogP contribution is 2.38. The number of aromatic nitrogens is 2. The minimum absolute atomic E-state index is 0.00611. The maximum atomic E-state index is 14.1. The monoisotopic (exact) mass is 910 g/mol. The number of ether oxygens (including phenoxy) is 3. The van der Waals surface area contributed by atoms with E-state index in [-0.39, 0.29) is 57.3 Å². The van der Waals surface area contributed by atoms with E-state index in [0.717, 1.165) is 26.2 Å². The SMILES string of the molecule is COCCOCCC(=O)N1C[C@@H](OCCCCc2ccccc2)C[C@H]1C(=O)N[C@@H](CC(C)C)C(=O)N[C@@H](Cc1cnc[nH]1)C(=O)N[C@@H](CO)C(=O)N[C@H](C(N)=O)C(C)OP(=O)(O)O. The number of amides is 6. The zero-order valence-electron chi connectivity index (χ0n) is 36.1. The molecule has 0 saturated carbocycles. The molecular formula is C40H63N8O14P. The molecule has 2 aromatic rings. The first-order valence-corrected chi connectivity index (χ1v) is 22.3. The maximum Gasteiger partial charge on any atom is 0.469 e. The van der Waals surface area contributed by atoms with Gasteiger partial charge in [-0.25, -0.2) is 9.55 Å². The molecule has 1 aliphatic rings. The number of nitrogens with two attached hydrogens (primary N) is 1. The van der Waals surface area contributed by atoms with E-state index in [0.29, 0.717) is 18.9 Å². The predicted molar refractivity (Wildman–Crippen MR) is 225 cm³/mol. The van der Waals surface area contributed by atoms with Crippen molar-refractivity contribution in [3.63, 3.8) is 0 Å². The minimum atomic E-state index is -5.12. The smallest absolute Gasteiger partial charge is 0.394 e. The van der Waals surface area contributed by atoms with Gasteiger partial charge in [-0.1, -0.05) is 44.2 Å². The summed E-state index contributed by atoms with van der Waals surface area (Å²) in [4.78, 5) is 107. The van der Waals surface area contributed by atoms with E-state index in [2.05, 4.69) is 47.9 Å². The number of unbranched alkanes of at least 4 members (excludes halogenated alkanes) is 1. The van der Waals surface area contributed by atoms with Crippen LogP contribution in [0, 0.1) is 5.92 Å². The molecule has 0 radical (unpaired) electrons. The minimum Gasteiger partial charge on any atom is -0.394 e. The Morgan fingerprint density at radius 1 is 0.921 bits per heavy atom. The molecule has 1 aromatic carbocycles. The molecule has 23 heteroatoms. The van der Waals surface area contributed by atoms with Gasteiger partial charge in [0.15, 0.2) is 0 Å². The Morgan fingerprint density at radius 3 is 2.22 bits per heavy atom. The fraction of sp³-hybridized carbons (Fsp3) is 0.625. The first kappa shape index (κ1) is 52.5. The van der Waals surface area contributed by atoms with Gasteiger partial charge in [0.1, 0.15) is 30.2 Å². The van der Waals surface area contributed by atoms with E-state index >= 15 is 0 Å². The summed E-state index contributed by atoms with van der Waals surface area (Å²) in [5.74, 6) is -5.22. The van der Waals surface area contributed by atoms with Crippen LogP contribution in [-0.4, -0.2) is 154 Å². The number of rotatable bonds is 29. The number of aromatic amines is 1. The summed E-state index contributed by atoms with van der Waals surface area (Å²) in [5.41, 5.74) is 6.92. The highest BCUT2D eigenvalue weighted by atomic mass is 31.2. The zero-order valence-corrected chi connectivity index (χ0v) is 37.0. The van der Waals surface area contributed by atoms with Crippen LogP contribution in [0.25, 0.3) is 0 Å². The van der Waals surface area contributed by atoms with Crippen LogP contribution < -0.4 is 27.0 Å². The van der Waals surface area contributed by atoms with Gasteiger partial charge in [0.05, 0.1) is 51.4 Å². The van der Waals surface area contributed by atoms with Crippen LogP contribution in [0.4, 0.5) is 0 Å². The molecule has 1 aliphatic heterocycles. The molecule has 1 fully saturated rings. The third-order valence-corrected chi connectivity index (χ3v) is 10.6. The van der Waals surface area contributed by atoms with Crippen LogP contribution in [0.15, 0.2) is 42.9 Å². The largest absolute Gasteiger partial charge is 0.469 e. The lowest BCUT2D eigenvalue weighted by Crippen LogP contribution is -2.61. The van der Waals surface area contributed by atoms with Gasteiger partial charge < -0.3 is 66.0 Å². The third kappa shape index (κ3) is 18.8. The highest BCUT2D eigenvalue weighted by Gasteiger charge is 2.41. The van der Waals surface area contributed by atoms with Gasteiger partial charge in [-0.2, -0.15) is 0 Å². The average Bonchev–Trinajstić information content (AvgIpc) is 3.91. The second kappa shape index (κ2) is 26.7. The summed E-state index contributed by atoms with van der Waals surface area (Å²) in [6.45, 7) is 5.01. The molecular weight excluding hydrogens is 847 g/mol. The van der Waals surface area contributed by atoms with Gasteiger partial charge in [-0.3, -0.25) is 33.3 Å². The molecule has 352 valence electrons. The zero-order chi connectivity index (χ0) is 46.5. The first-order valence-electron chi connectivity index (χ1n) is 20.8. The molecule has 0 spiro atoms. The number of aliphatic hydroxyl groups is 1. The van der Waals surface area contributed by atoms with Crippen molar-refractivity contribution in [2.24, 2.45) is 11.7 Å². The number of aryl methyl sites for hydroxylation is 1. The number of primary amides is 1. The van der Waals surface area contributed by atoms with Crippen molar-refractivity contribution in [1.82, 2.24) is 36.1 Å². The molecule has 63 heavy (non-hydrogen) atoms. The van der Waals surface area contributed by atoms with Crippen molar-refractivity contribution < 1.29 is 67.0 Å². The quantitative estimate of drug-likeness (QED) is 0.0348. The number of phosphoric ester groups is 1. The number of nitrogens with one attached hydrogen (secondary N) is 5. The van der Waals surface area contributed by atoms with Crippen molar-refractivity contribution in [3.8, 4) is 0 Å². The van der Waals surface area contributed by atoms with E-state index in [1.54, 1.807) is 0 Å². The molecule has 0 aliphatic carbocycles. The summed E-state index contributed by atoms with van der Waals surface area (Å²) in [7, 11) is -3.59.